The van der Waals surface area contributed by atoms with Gasteiger partial charge in [0.2, 0.25) is 0 Å². The van der Waals surface area contributed by atoms with E-state index in [1.807, 2.05) is 12.1 Å². The summed E-state index contributed by atoms with van der Waals surface area (Å²) in [4.78, 5) is 7.16. The molecule has 58 heavy (non-hydrogen) atoms. The van der Waals surface area contributed by atoms with E-state index < -0.39 is 6.85 Å². The van der Waals surface area contributed by atoms with E-state index in [4.69, 9.17) is 9.10 Å². The van der Waals surface area contributed by atoms with Crippen molar-refractivity contribution in [3.63, 3.8) is 0 Å². The van der Waals surface area contributed by atoms with Crippen LogP contribution in [0.4, 0.5) is 17.1 Å². The summed E-state index contributed by atoms with van der Waals surface area (Å²) in [5.41, 5.74) is 12.6. The average molecular weight is 754 g/mol. The Kier molecular flexibility index (Phi) is 7.73. The fourth-order valence-corrected chi connectivity index (χ4v) is 8.41. The van der Waals surface area contributed by atoms with Crippen molar-refractivity contribution in [2.45, 2.75) is 33.2 Å². The molecule has 0 saturated carbocycles. The number of pyridine rings is 1. The first-order valence-electron chi connectivity index (χ1n) is 21.2. The predicted molar refractivity (Wildman–Crippen MR) is 243 cm³/mol. The summed E-state index contributed by atoms with van der Waals surface area (Å²) in [6, 6.07) is 63.2. The van der Waals surface area contributed by atoms with Gasteiger partial charge in [0, 0.05) is 62.2 Å². The normalized spacial score (nSPS) is 12.8. The second kappa shape index (κ2) is 14.1. The van der Waals surface area contributed by atoms with Crippen molar-refractivity contribution < 1.29 is 4.11 Å². The van der Waals surface area contributed by atoms with E-state index in [9.17, 15) is 0 Å². The molecule has 10 rings (SSSR count). The highest BCUT2D eigenvalue weighted by atomic mass is 15.2. The van der Waals surface area contributed by atoms with Gasteiger partial charge >= 0.3 is 0 Å². The highest BCUT2D eigenvalue weighted by molar-refractivity contribution is 6.11. The van der Waals surface area contributed by atoms with Crippen LogP contribution in [0.15, 0.2) is 195 Å². The SMILES string of the molecule is [2H]C([2H])([2H])c1ccnc(-n2c3ccccc3c3ccc(N(c4cccc(-n5[cH+]n(C(C)(C)C)c6ccccc65)c4)c4c(-c5ccccc5)cccc4-c4ccccc4)cc32)c1. The molecule has 280 valence electrons. The van der Waals surface area contributed by atoms with Gasteiger partial charge < -0.3 is 4.90 Å². The number of para-hydroxylation sites is 4. The molecule has 0 radical (unpaired) electrons. The second-order valence-electron chi connectivity index (χ2n) is 15.8. The largest absolute Gasteiger partial charge is 0.308 e. The van der Waals surface area contributed by atoms with Crippen molar-refractivity contribution in [1.82, 2.24) is 18.7 Å². The van der Waals surface area contributed by atoms with E-state index in [0.29, 0.717) is 5.82 Å². The minimum Gasteiger partial charge on any atom is -0.308 e. The van der Waals surface area contributed by atoms with Crippen LogP contribution in [-0.4, -0.2) is 18.7 Å². The zero-order valence-corrected chi connectivity index (χ0v) is 32.7. The zero-order chi connectivity index (χ0) is 41.9. The summed E-state index contributed by atoms with van der Waals surface area (Å²) < 4.78 is 31.4. The molecule has 3 heterocycles. The molecule has 5 heteroatoms. The van der Waals surface area contributed by atoms with Gasteiger partial charge in [-0.1, -0.05) is 103 Å². The number of hydrogen-bond donors (Lipinski definition) is 0. The Labute approximate surface area is 343 Å². The van der Waals surface area contributed by atoms with Gasteiger partial charge in [0.1, 0.15) is 11.5 Å². The lowest BCUT2D eigenvalue weighted by Gasteiger charge is -2.30. The van der Waals surface area contributed by atoms with Crippen LogP contribution in [0.1, 0.15) is 30.4 Å². The van der Waals surface area contributed by atoms with E-state index in [1.165, 1.54) is 0 Å². The van der Waals surface area contributed by atoms with Crippen LogP contribution in [0.25, 0.3) is 66.6 Å². The van der Waals surface area contributed by atoms with Crippen molar-refractivity contribution in [1.29, 1.82) is 0 Å². The van der Waals surface area contributed by atoms with Gasteiger partial charge in [0.25, 0.3) is 0 Å². The molecule has 3 aromatic heterocycles. The van der Waals surface area contributed by atoms with Gasteiger partial charge in [-0.05, 0) is 98.9 Å². The quantitative estimate of drug-likeness (QED) is 0.152. The molecule has 7 aromatic carbocycles. The van der Waals surface area contributed by atoms with Gasteiger partial charge in [0.15, 0.2) is 17.4 Å². The lowest BCUT2D eigenvalue weighted by atomic mass is 9.94. The molecule has 0 unspecified atom stereocenters. The standard InChI is InChI=1S/C53H44N5/c1-37-31-32-54-51(33-37)58-47-26-12-11-23-45(47)46-30-29-42(35-50(46)58)57(52-43(38-17-7-5-8-18-38)24-16-25-44(52)39-19-9-6-10-20-39)41-22-15-21-40(34-41)55-36-56(53(2,3)4)49-28-14-13-27-48(49)55/h5-36H,1-4H3/q+1/i1D3. The minimum absolute atomic E-state index is 0.139. The molecule has 0 saturated heterocycles. The van der Waals surface area contributed by atoms with Gasteiger partial charge in [0.05, 0.1) is 27.9 Å². The summed E-state index contributed by atoms with van der Waals surface area (Å²) in [5, 5.41) is 2.10. The molecule has 0 amide bonds. The van der Waals surface area contributed by atoms with Crippen LogP contribution in [0, 0.1) is 6.85 Å². The molecule has 0 N–H and O–H groups in total. The highest BCUT2D eigenvalue weighted by Gasteiger charge is 2.27. The highest BCUT2D eigenvalue weighted by Crippen LogP contribution is 2.48. The topological polar surface area (TPSA) is 30.9 Å². The van der Waals surface area contributed by atoms with Gasteiger partial charge in [-0.3, -0.25) is 4.57 Å². The van der Waals surface area contributed by atoms with Crippen LogP contribution in [0.5, 0.6) is 0 Å². The Morgan fingerprint density at radius 3 is 1.88 bits per heavy atom. The van der Waals surface area contributed by atoms with Gasteiger partial charge in [-0.25, -0.2) is 9.55 Å². The van der Waals surface area contributed by atoms with E-state index in [0.717, 1.165) is 77.8 Å². The third kappa shape index (κ3) is 6.03. The number of imidazole rings is 1. The first-order valence-corrected chi connectivity index (χ1v) is 19.7. The lowest BCUT2D eigenvalue weighted by Crippen LogP contribution is -2.20. The minimum atomic E-state index is -2.28. The predicted octanol–water partition coefficient (Wildman–Crippen LogP) is 14.1. The average Bonchev–Trinajstić information content (AvgIpc) is 3.84. The molecule has 0 atom stereocenters. The fraction of sp³-hybridized carbons (Fsp3) is 0.0943. The van der Waals surface area contributed by atoms with Crippen molar-refractivity contribution in [2.75, 3.05) is 4.90 Å². The molecular formula is C53H44N5+. The zero-order valence-electron chi connectivity index (χ0n) is 35.7. The number of benzene rings is 7. The van der Waals surface area contributed by atoms with Gasteiger partial charge in [-0.15, -0.1) is 0 Å². The molecular weight excluding hydrogens is 707 g/mol. The molecule has 10 aromatic rings. The van der Waals surface area contributed by atoms with Gasteiger partial charge in [-0.2, -0.15) is 4.57 Å². The summed E-state index contributed by atoms with van der Waals surface area (Å²) >= 11 is 0. The third-order valence-corrected chi connectivity index (χ3v) is 11.0. The first kappa shape index (κ1) is 31.9. The molecule has 0 bridgehead atoms. The first-order chi connectivity index (χ1) is 29.5. The summed E-state index contributed by atoms with van der Waals surface area (Å²) in [6.45, 7) is 4.42. The maximum absolute atomic E-state index is 8.23. The van der Waals surface area contributed by atoms with Crippen LogP contribution in [0.3, 0.4) is 0 Å². The Hall–Kier alpha value is -7.24. The number of rotatable bonds is 7. The summed E-state index contributed by atoms with van der Waals surface area (Å²) in [6.07, 6.45) is 3.81. The number of nitrogens with zero attached hydrogens (tertiary/aromatic N) is 5. The molecule has 5 nitrogen and oxygen atoms in total. The van der Waals surface area contributed by atoms with Crippen molar-refractivity contribution in [3.05, 3.63) is 200 Å². The monoisotopic (exact) mass is 753 g/mol. The lowest BCUT2D eigenvalue weighted by molar-refractivity contribution is 0.406. The van der Waals surface area contributed by atoms with E-state index in [1.54, 1.807) is 18.3 Å². The Balaban J connectivity index is 1.29. The van der Waals surface area contributed by atoms with Crippen LogP contribution < -0.4 is 4.90 Å². The Morgan fingerprint density at radius 2 is 1.17 bits per heavy atom. The molecule has 0 aliphatic carbocycles. The number of hydrogen-bond acceptors (Lipinski definition) is 2. The van der Waals surface area contributed by atoms with E-state index in [-0.39, 0.29) is 11.1 Å². The summed E-state index contributed by atoms with van der Waals surface area (Å²) in [7, 11) is 0. The smallest absolute Gasteiger partial charge is 0.191 e. The maximum atomic E-state index is 8.23. The van der Waals surface area contributed by atoms with Crippen LogP contribution in [-0.2, 0) is 5.54 Å². The molecule has 0 fully saturated rings. The number of fused-ring (bicyclic) bond motifs is 4. The number of aromatic nitrogens is 4. The van der Waals surface area contributed by atoms with Crippen molar-refractivity contribution in [2.24, 2.45) is 0 Å². The van der Waals surface area contributed by atoms with Crippen molar-refractivity contribution in [3.8, 4) is 33.8 Å². The number of anilines is 3. The van der Waals surface area contributed by atoms with Crippen LogP contribution >= 0.6 is 0 Å². The second-order valence-corrected chi connectivity index (χ2v) is 15.8. The molecule has 0 spiro atoms. The Morgan fingerprint density at radius 1 is 0.552 bits per heavy atom. The van der Waals surface area contributed by atoms with E-state index >= 15 is 0 Å². The third-order valence-electron chi connectivity index (χ3n) is 11.0. The molecule has 0 aliphatic heterocycles. The summed E-state index contributed by atoms with van der Waals surface area (Å²) in [5.74, 6) is 0.548. The molecule has 0 aliphatic rings. The van der Waals surface area contributed by atoms with Crippen LogP contribution in [0.2, 0.25) is 0 Å². The van der Waals surface area contributed by atoms with E-state index in [2.05, 4.69) is 203 Å². The Bertz CT molecular complexity index is 3170. The maximum Gasteiger partial charge on any atom is 0.191 e. The number of aryl methyl sites for hydroxylation is 1. The fourth-order valence-electron chi connectivity index (χ4n) is 8.41. The van der Waals surface area contributed by atoms with Crippen molar-refractivity contribution >= 4 is 49.9 Å².